The van der Waals surface area contributed by atoms with Gasteiger partial charge in [0.25, 0.3) is 0 Å². The maximum absolute atomic E-state index is 12.8. The van der Waals surface area contributed by atoms with Crippen molar-refractivity contribution >= 4 is 12.0 Å². The molecule has 0 aromatic heterocycles. The van der Waals surface area contributed by atoms with Crippen LogP contribution in [0.2, 0.25) is 0 Å². The van der Waals surface area contributed by atoms with E-state index in [0.717, 1.165) is 32.1 Å². The Morgan fingerprint density at radius 3 is 2.54 bits per heavy atom. The molecule has 2 rings (SSSR count). The third-order valence-electron chi connectivity index (χ3n) is 4.78. The lowest BCUT2D eigenvalue weighted by Crippen LogP contribution is -2.18. The third kappa shape index (κ3) is 5.49. The normalized spacial score (nSPS) is 26.2. The number of methoxy groups -OCH3 is 2. The van der Waals surface area contributed by atoms with Crippen molar-refractivity contribution < 1.29 is 24.1 Å². The first-order valence-electron chi connectivity index (χ1n) is 9.27. The number of fused-ring (bicyclic) bond motifs is 1. The summed E-state index contributed by atoms with van der Waals surface area (Å²) in [6, 6.07) is 3.51. The van der Waals surface area contributed by atoms with Gasteiger partial charge in [0.2, 0.25) is 0 Å². The van der Waals surface area contributed by atoms with Gasteiger partial charge in [-0.1, -0.05) is 19.1 Å². The molecule has 1 N–H and O–H groups in total. The molecule has 144 valence electrons. The Kier molecular flexibility index (Phi) is 7.51. The van der Waals surface area contributed by atoms with Crippen molar-refractivity contribution in [3.05, 3.63) is 29.3 Å². The summed E-state index contributed by atoms with van der Waals surface area (Å²) in [6.45, 7) is 3.98. The molecule has 26 heavy (non-hydrogen) atoms. The van der Waals surface area contributed by atoms with Crippen LogP contribution in [-0.2, 0) is 4.74 Å². The zero-order chi connectivity index (χ0) is 19.1. The van der Waals surface area contributed by atoms with Crippen molar-refractivity contribution in [3.63, 3.8) is 0 Å². The molecule has 1 aromatic carbocycles. The molecule has 0 aliphatic carbocycles. The smallest absolute Gasteiger partial charge is 0.342 e. The molecule has 5 nitrogen and oxygen atoms in total. The Hall–Kier alpha value is -2.01. The number of esters is 1. The number of aliphatic hydroxyl groups is 1. The second-order valence-corrected chi connectivity index (χ2v) is 7.01. The average molecular weight is 362 g/mol. The van der Waals surface area contributed by atoms with E-state index < -0.39 is 5.97 Å². The number of hydrogen-bond donors (Lipinski definition) is 1. The minimum atomic E-state index is -0.401. The average Bonchev–Trinajstić information content (AvgIpc) is 2.62. The summed E-state index contributed by atoms with van der Waals surface area (Å²) in [5.74, 6) is 0.946. The maximum Gasteiger partial charge on any atom is 0.342 e. The van der Waals surface area contributed by atoms with Crippen LogP contribution in [0.5, 0.6) is 11.5 Å². The first-order valence-corrected chi connectivity index (χ1v) is 9.27. The van der Waals surface area contributed by atoms with E-state index in [9.17, 15) is 9.90 Å². The van der Waals surface area contributed by atoms with Gasteiger partial charge in [0.15, 0.2) is 0 Å². The van der Waals surface area contributed by atoms with E-state index in [1.807, 2.05) is 25.1 Å². The Bertz CT molecular complexity index is 638. The molecule has 0 amide bonds. The molecule has 0 radical (unpaired) electrons. The molecule has 0 unspecified atom stereocenters. The first-order chi connectivity index (χ1) is 12.4. The molecule has 0 spiro atoms. The number of benzene rings is 1. The van der Waals surface area contributed by atoms with Gasteiger partial charge in [-0.3, -0.25) is 0 Å². The number of aliphatic hydroxyl groups excluding tert-OH is 1. The van der Waals surface area contributed by atoms with Crippen molar-refractivity contribution in [2.75, 3.05) is 14.2 Å². The topological polar surface area (TPSA) is 65.0 Å². The number of carbonyl (C=O) groups excluding carboxylic acids is 1. The fourth-order valence-corrected chi connectivity index (χ4v) is 3.14. The second-order valence-electron chi connectivity index (χ2n) is 7.01. The fourth-order valence-electron chi connectivity index (χ4n) is 3.14. The molecule has 1 aliphatic rings. The third-order valence-corrected chi connectivity index (χ3v) is 4.78. The van der Waals surface area contributed by atoms with Crippen molar-refractivity contribution in [2.24, 2.45) is 5.92 Å². The van der Waals surface area contributed by atoms with Gasteiger partial charge in [0.05, 0.1) is 26.4 Å². The number of ether oxygens (including phenoxy) is 3. The molecule has 1 heterocycles. The molecular formula is C21H30O5. The highest BCUT2D eigenvalue weighted by molar-refractivity contribution is 5.97. The lowest BCUT2D eigenvalue weighted by atomic mass is 9.97. The highest BCUT2D eigenvalue weighted by Crippen LogP contribution is 2.31. The fraction of sp³-hybridized carbons (Fsp3) is 0.571. The van der Waals surface area contributed by atoms with Gasteiger partial charge >= 0.3 is 5.97 Å². The number of allylic oxidation sites excluding steroid dienone is 1. The molecule has 0 fully saturated rings. The van der Waals surface area contributed by atoms with E-state index in [0.29, 0.717) is 22.6 Å². The first kappa shape index (κ1) is 20.3. The van der Waals surface area contributed by atoms with Crippen molar-refractivity contribution in [2.45, 2.75) is 58.2 Å². The zero-order valence-electron chi connectivity index (χ0n) is 16.2. The van der Waals surface area contributed by atoms with E-state index in [2.05, 4.69) is 6.92 Å². The van der Waals surface area contributed by atoms with E-state index in [-0.39, 0.29) is 18.1 Å². The minimum Gasteiger partial charge on any atom is -0.497 e. The molecule has 1 aliphatic heterocycles. The van der Waals surface area contributed by atoms with Crippen LogP contribution >= 0.6 is 0 Å². The van der Waals surface area contributed by atoms with E-state index in [1.54, 1.807) is 13.2 Å². The predicted molar refractivity (Wildman–Crippen MR) is 102 cm³/mol. The van der Waals surface area contributed by atoms with Crippen LogP contribution in [0.4, 0.5) is 0 Å². The van der Waals surface area contributed by atoms with Crippen molar-refractivity contribution in [1.82, 2.24) is 0 Å². The molecular weight excluding hydrogens is 332 g/mol. The van der Waals surface area contributed by atoms with Crippen LogP contribution in [0.1, 0.15) is 61.9 Å². The highest BCUT2D eigenvalue weighted by Gasteiger charge is 2.22. The van der Waals surface area contributed by atoms with Gasteiger partial charge in [-0.25, -0.2) is 4.79 Å². The Morgan fingerprint density at radius 2 is 1.85 bits per heavy atom. The van der Waals surface area contributed by atoms with Crippen molar-refractivity contribution in [1.29, 1.82) is 0 Å². The van der Waals surface area contributed by atoms with Crippen LogP contribution in [0.15, 0.2) is 18.2 Å². The molecule has 3 atom stereocenters. The maximum atomic E-state index is 12.8. The van der Waals surface area contributed by atoms with E-state index in [4.69, 9.17) is 14.2 Å². The lowest BCUT2D eigenvalue weighted by molar-refractivity contribution is 0.0306. The number of cyclic esters (lactones) is 1. The van der Waals surface area contributed by atoms with Crippen LogP contribution in [0, 0.1) is 5.92 Å². The molecule has 1 aromatic rings. The zero-order valence-corrected chi connectivity index (χ0v) is 16.2. The Labute approximate surface area is 156 Å². The van der Waals surface area contributed by atoms with E-state index in [1.165, 1.54) is 7.11 Å². The summed E-state index contributed by atoms with van der Waals surface area (Å²) in [6.07, 6.45) is 7.39. The molecule has 0 bridgehead atoms. The minimum absolute atomic E-state index is 0.222. The quantitative estimate of drug-likeness (QED) is 0.798. The van der Waals surface area contributed by atoms with Crippen molar-refractivity contribution in [3.8, 4) is 11.5 Å². The summed E-state index contributed by atoms with van der Waals surface area (Å²) in [5, 5.41) is 10.1. The lowest BCUT2D eigenvalue weighted by Gasteiger charge is -2.19. The Balaban J connectivity index is 2.43. The SMILES string of the molecule is COc1cc2c(c(OC)c1)C(=O)O[C@@H](C)CCC[C@@H](O)CC[C@@H](C)/C=C/2. The highest BCUT2D eigenvalue weighted by atomic mass is 16.5. The van der Waals surface area contributed by atoms with Gasteiger partial charge in [0, 0.05) is 6.07 Å². The van der Waals surface area contributed by atoms with Crippen LogP contribution in [0.25, 0.3) is 6.08 Å². The number of carbonyl (C=O) groups is 1. The molecule has 0 saturated heterocycles. The van der Waals surface area contributed by atoms with Gasteiger partial charge < -0.3 is 19.3 Å². The van der Waals surface area contributed by atoms with Gasteiger partial charge in [0.1, 0.15) is 17.1 Å². The second kappa shape index (κ2) is 9.62. The summed E-state index contributed by atoms with van der Waals surface area (Å²) >= 11 is 0. The number of rotatable bonds is 2. The van der Waals surface area contributed by atoms with Crippen LogP contribution in [0.3, 0.4) is 0 Å². The summed E-state index contributed by atoms with van der Waals surface area (Å²) in [4.78, 5) is 12.8. The molecule has 5 heteroatoms. The summed E-state index contributed by atoms with van der Waals surface area (Å²) in [7, 11) is 3.11. The number of hydrogen-bond acceptors (Lipinski definition) is 5. The predicted octanol–water partition coefficient (Wildman–Crippen LogP) is 4.22. The summed E-state index contributed by atoms with van der Waals surface area (Å²) < 4.78 is 16.4. The monoisotopic (exact) mass is 362 g/mol. The van der Waals surface area contributed by atoms with Crippen LogP contribution < -0.4 is 9.47 Å². The van der Waals surface area contributed by atoms with Gasteiger partial charge in [-0.2, -0.15) is 0 Å². The van der Waals surface area contributed by atoms with Crippen LogP contribution in [-0.4, -0.2) is 37.5 Å². The largest absolute Gasteiger partial charge is 0.497 e. The summed E-state index contributed by atoms with van der Waals surface area (Å²) in [5.41, 5.74) is 1.13. The standard InChI is InChI=1S/C21H30O5/c1-14-8-10-16-12-18(24-3)13-19(25-4)20(16)21(23)26-15(2)6-5-7-17(22)11-9-14/h8,10,12-15,17,22H,5-7,9,11H2,1-4H3/b10-8+/t14-,15-,17+/m0/s1. The van der Waals surface area contributed by atoms with Gasteiger partial charge in [-0.05, 0) is 56.6 Å². The Morgan fingerprint density at radius 1 is 1.08 bits per heavy atom. The van der Waals surface area contributed by atoms with Gasteiger partial charge in [-0.15, -0.1) is 0 Å². The molecule has 0 saturated carbocycles. The van der Waals surface area contributed by atoms with E-state index >= 15 is 0 Å².